The number of piperazine rings is 1. The molecule has 2 atom stereocenters. The van der Waals surface area contributed by atoms with Crippen LogP contribution in [0.3, 0.4) is 0 Å². The summed E-state index contributed by atoms with van der Waals surface area (Å²) in [6.07, 6.45) is 0. The molecular weight excluding hydrogens is 206 g/mol. The van der Waals surface area contributed by atoms with Crippen molar-refractivity contribution in [3.8, 4) is 6.07 Å². The zero-order chi connectivity index (χ0) is 12.0. The number of nitrogens with zero attached hydrogens (tertiary/aromatic N) is 2. The van der Waals surface area contributed by atoms with E-state index in [1.54, 1.807) is 6.92 Å². The minimum Gasteiger partial charge on any atom is -0.465 e. The molecule has 2 unspecified atom stereocenters. The average Bonchev–Trinajstić information content (AvgIpc) is 2.30. The molecule has 0 saturated carbocycles. The summed E-state index contributed by atoms with van der Waals surface area (Å²) in [7, 11) is 0. The number of hydrogen-bond donors (Lipinski definition) is 1. The molecule has 1 heterocycles. The molecule has 1 fully saturated rings. The van der Waals surface area contributed by atoms with Gasteiger partial charge < -0.3 is 10.1 Å². The molecule has 1 aliphatic heterocycles. The molecule has 5 heteroatoms. The van der Waals surface area contributed by atoms with E-state index in [1.807, 2.05) is 11.8 Å². The van der Waals surface area contributed by atoms with Gasteiger partial charge >= 0.3 is 5.97 Å². The third-order valence-electron chi connectivity index (χ3n) is 2.64. The Kier molecular flexibility index (Phi) is 5.23. The fourth-order valence-electron chi connectivity index (χ4n) is 1.83. The average molecular weight is 225 g/mol. The first kappa shape index (κ1) is 12.9. The van der Waals surface area contributed by atoms with E-state index in [9.17, 15) is 4.79 Å². The molecule has 0 bridgehead atoms. The molecule has 0 radical (unpaired) electrons. The fourth-order valence-corrected chi connectivity index (χ4v) is 1.83. The first-order chi connectivity index (χ1) is 7.69. The number of carbonyl (C=O) groups excluding carboxylic acids is 1. The maximum Gasteiger partial charge on any atom is 0.324 e. The van der Waals surface area contributed by atoms with E-state index in [0.29, 0.717) is 19.7 Å². The second-order valence-corrected chi connectivity index (χ2v) is 4.00. The summed E-state index contributed by atoms with van der Waals surface area (Å²) in [4.78, 5) is 13.7. The lowest BCUT2D eigenvalue weighted by molar-refractivity contribution is -0.150. The molecule has 5 nitrogen and oxygen atoms in total. The van der Waals surface area contributed by atoms with Gasteiger partial charge in [-0.25, -0.2) is 0 Å². The lowest BCUT2D eigenvalue weighted by atomic mass is 10.1. The Morgan fingerprint density at radius 2 is 2.50 bits per heavy atom. The van der Waals surface area contributed by atoms with Crippen molar-refractivity contribution in [1.82, 2.24) is 10.2 Å². The summed E-state index contributed by atoms with van der Waals surface area (Å²) in [6.45, 7) is 6.94. The van der Waals surface area contributed by atoms with Crippen LogP contribution in [0.1, 0.15) is 13.8 Å². The third kappa shape index (κ3) is 3.47. The van der Waals surface area contributed by atoms with Gasteiger partial charge in [0.1, 0.15) is 6.04 Å². The van der Waals surface area contributed by atoms with E-state index < -0.39 is 0 Å². The van der Waals surface area contributed by atoms with Crippen LogP contribution in [0.25, 0.3) is 0 Å². The smallest absolute Gasteiger partial charge is 0.324 e. The molecule has 0 amide bonds. The van der Waals surface area contributed by atoms with Gasteiger partial charge in [0.25, 0.3) is 0 Å². The molecule has 1 rings (SSSR count). The molecule has 0 aromatic rings. The molecule has 1 aliphatic rings. The van der Waals surface area contributed by atoms with Crippen LogP contribution in [0.5, 0.6) is 0 Å². The molecule has 90 valence electrons. The van der Waals surface area contributed by atoms with Crippen LogP contribution < -0.4 is 5.32 Å². The summed E-state index contributed by atoms with van der Waals surface area (Å²) in [5.41, 5.74) is 0. The molecule has 1 saturated heterocycles. The van der Waals surface area contributed by atoms with Gasteiger partial charge in [0.2, 0.25) is 0 Å². The topological polar surface area (TPSA) is 65.4 Å². The number of ether oxygens (including phenoxy) is 1. The van der Waals surface area contributed by atoms with Crippen molar-refractivity contribution in [3.05, 3.63) is 0 Å². The van der Waals surface area contributed by atoms with E-state index in [0.717, 1.165) is 13.1 Å². The monoisotopic (exact) mass is 225 g/mol. The highest BCUT2D eigenvalue weighted by Crippen LogP contribution is 2.08. The molecule has 0 spiro atoms. The molecule has 16 heavy (non-hydrogen) atoms. The number of carbonyl (C=O) groups is 1. The van der Waals surface area contributed by atoms with Crippen molar-refractivity contribution in [2.24, 2.45) is 5.92 Å². The predicted octanol–water partition coefficient (Wildman–Crippen LogP) is -0.0170. The zero-order valence-corrected chi connectivity index (χ0v) is 9.90. The van der Waals surface area contributed by atoms with Crippen molar-refractivity contribution in [1.29, 1.82) is 5.26 Å². The quantitative estimate of drug-likeness (QED) is 0.681. The Hall–Kier alpha value is -1.12. The number of esters is 1. The Bertz CT molecular complexity index is 275. The Morgan fingerprint density at radius 3 is 3.12 bits per heavy atom. The highest BCUT2D eigenvalue weighted by molar-refractivity contribution is 5.76. The van der Waals surface area contributed by atoms with E-state index in [1.165, 1.54) is 0 Å². The largest absolute Gasteiger partial charge is 0.465 e. The van der Waals surface area contributed by atoms with Crippen LogP contribution in [-0.2, 0) is 9.53 Å². The first-order valence-electron chi connectivity index (χ1n) is 5.70. The van der Waals surface area contributed by atoms with Crippen molar-refractivity contribution in [3.63, 3.8) is 0 Å². The van der Waals surface area contributed by atoms with Gasteiger partial charge in [0.05, 0.1) is 18.6 Å². The number of rotatable bonds is 4. The van der Waals surface area contributed by atoms with Gasteiger partial charge in [0.15, 0.2) is 0 Å². The summed E-state index contributed by atoms with van der Waals surface area (Å²) < 4.78 is 5.02. The SMILES string of the molecule is CCOC(=O)C1CNCCN1CC(C)C#N. The Balaban J connectivity index is 2.57. The fraction of sp³-hybridized carbons (Fsp3) is 0.818. The van der Waals surface area contributed by atoms with Gasteiger partial charge in [-0.05, 0) is 13.8 Å². The summed E-state index contributed by atoms with van der Waals surface area (Å²) in [6, 6.07) is 1.94. The van der Waals surface area contributed by atoms with Crippen molar-refractivity contribution in [2.75, 3.05) is 32.8 Å². The normalized spacial score (nSPS) is 23.4. The van der Waals surface area contributed by atoms with E-state index in [4.69, 9.17) is 10.00 Å². The Labute approximate surface area is 96.4 Å². The predicted molar refractivity (Wildman–Crippen MR) is 59.6 cm³/mol. The van der Waals surface area contributed by atoms with Gasteiger partial charge in [0, 0.05) is 26.2 Å². The zero-order valence-electron chi connectivity index (χ0n) is 9.90. The van der Waals surface area contributed by atoms with Crippen molar-refractivity contribution in [2.45, 2.75) is 19.9 Å². The van der Waals surface area contributed by atoms with Gasteiger partial charge in [-0.15, -0.1) is 0 Å². The molecular formula is C11H19N3O2. The van der Waals surface area contributed by atoms with Gasteiger partial charge in [-0.3, -0.25) is 9.69 Å². The number of nitriles is 1. The van der Waals surface area contributed by atoms with Crippen molar-refractivity contribution >= 4 is 5.97 Å². The highest BCUT2D eigenvalue weighted by Gasteiger charge is 2.30. The van der Waals surface area contributed by atoms with Crippen LogP contribution in [0.4, 0.5) is 0 Å². The van der Waals surface area contributed by atoms with Crippen LogP contribution >= 0.6 is 0 Å². The minimum absolute atomic E-state index is 0.0602. The van der Waals surface area contributed by atoms with Gasteiger partial charge in [-0.2, -0.15) is 5.26 Å². The first-order valence-corrected chi connectivity index (χ1v) is 5.70. The van der Waals surface area contributed by atoms with E-state index >= 15 is 0 Å². The lowest BCUT2D eigenvalue weighted by Gasteiger charge is -2.34. The highest BCUT2D eigenvalue weighted by atomic mass is 16.5. The maximum absolute atomic E-state index is 11.7. The third-order valence-corrected chi connectivity index (χ3v) is 2.64. The standard InChI is InChI=1S/C11H19N3O2/c1-3-16-11(15)10-7-13-4-5-14(10)8-9(2)6-12/h9-10,13H,3-5,7-8H2,1-2H3. The van der Waals surface area contributed by atoms with E-state index in [-0.39, 0.29) is 17.9 Å². The number of nitrogens with one attached hydrogen (secondary N) is 1. The lowest BCUT2D eigenvalue weighted by Crippen LogP contribution is -2.56. The molecule has 0 aromatic carbocycles. The van der Waals surface area contributed by atoms with Crippen LogP contribution in [0.2, 0.25) is 0 Å². The summed E-state index contributed by atoms with van der Waals surface area (Å²) in [5, 5.41) is 12.0. The minimum atomic E-state index is -0.246. The van der Waals surface area contributed by atoms with Crippen LogP contribution in [-0.4, -0.2) is 49.7 Å². The maximum atomic E-state index is 11.7. The molecule has 0 aliphatic carbocycles. The summed E-state index contributed by atoms with van der Waals surface area (Å²) in [5.74, 6) is -0.255. The Morgan fingerprint density at radius 1 is 1.75 bits per heavy atom. The molecule has 1 N–H and O–H groups in total. The van der Waals surface area contributed by atoms with Crippen LogP contribution in [0, 0.1) is 17.2 Å². The van der Waals surface area contributed by atoms with Gasteiger partial charge in [-0.1, -0.05) is 0 Å². The second-order valence-electron chi connectivity index (χ2n) is 4.00. The van der Waals surface area contributed by atoms with E-state index in [2.05, 4.69) is 11.4 Å². The van der Waals surface area contributed by atoms with Crippen molar-refractivity contribution < 1.29 is 9.53 Å². The van der Waals surface area contributed by atoms with Crippen LogP contribution in [0.15, 0.2) is 0 Å². The number of hydrogen-bond acceptors (Lipinski definition) is 5. The summed E-state index contributed by atoms with van der Waals surface area (Å²) >= 11 is 0. The second kappa shape index (κ2) is 6.46. The molecule has 0 aromatic heterocycles.